The maximum atomic E-state index is 14.6. The molecule has 10 heteroatoms. The zero-order valence-electron chi connectivity index (χ0n) is 25.5. The second-order valence-electron chi connectivity index (χ2n) is 12.3. The molecule has 1 aromatic heterocycles. The first-order valence-corrected chi connectivity index (χ1v) is 15.7. The lowest BCUT2D eigenvalue weighted by Gasteiger charge is -2.39. The van der Waals surface area contributed by atoms with E-state index in [1.807, 2.05) is 36.9 Å². The number of piperidine rings is 1. The van der Waals surface area contributed by atoms with Crippen LogP contribution < -0.4 is 14.2 Å². The first-order chi connectivity index (χ1) is 20.4. The fourth-order valence-electron chi connectivity index (χ4n) is 6.79. The molecule has 1 saturated carbocycles. The minimum absolute atomic E-state index is 0.00332. The van der Waals surface area contributed by atoms with E-state index in [0.29, 0.717) is 49.6 Å². The number of fused-ring (bicyclic) bond motifs is 5. The first kappa shape index (κ1) is 30.2. The summed E-state index contributed by atoms with van der Waals surface area (Å²) in [6.45, 7) is 5.53. The van der Waals surface area contributed by atoms with E-state index in [0.717, 1.165) is 49.8 Å². The Labute approximate surface area is 249 Å². The maximum absolute atomic E-state index is 14.6. The Balaban J connectivity index is 1.56. The molecule has 0 unspecified atom stereocenters. The molecule has 0 spiro atoms. The quantitative estimate of drug-likeness (QED) is 0.469. The molecular weight excluding hydrogens is 536 g/mol. The first-order valence-electron chi connectivity index (χ1n) is 15.7. The molecule has 0 N–H and O–H groups in total. The molecule has 42 heavy (non-hydrogen) atoms. The van der Waals surface area contributed by atoms with Crippen LogP contribution in [-0.4, -0.2) is 71.3 Å². The van der Waals surface area contributed by atoms with Crippen molar-refractivity contribution >= 4 is 11.9 Å². The lowest BCUT2D eigenvalue weighted by molar-refractivity contribution is -0.159. The molecule has 1 aromatic carbocycles. The highest BCUT2D eigenvalue weighted by Gasteiger charge is 2.41. The molecule has 2 aromatic rings. The van der Waals surface area contributed by atoms with Crippen molar-refractivity contribution in [3.05, 3.63) is 29.6 Å². The third-order valence-corrected chi connectivity index (χ3v) is 9.02. The van der Waals surface area contributed by atoms with Gasteiger partial charge >= 0.3 is 5.97 Å². The molecule has 0 radical (unpaired) electrons. The lowest BCUT2D eigenvalue weighted by atomic mass is 9.75. The van der Waals surface area contributed by atoms with Crippen molar-refractivity contribution in [2.24, 2.45) is 11.8 Å². The van der Waals surface area contributed by atoms with Gasteiger partial charge in [-0.3, -0.25) is 9.48 Å². The van der Waals surface area contributed by atoms with Gasteiger partial charge in [0.2, 0.25) is 11.7 Å². The third-order valence-electron chi connectivity index (χ3n) is 9.02. The Hall–Kier alpha value is -3.30. The van der Waals surface area contributed by atoms with Gasteiger partial charge in [0.1, 0.15) is 6.04 Å². The van der Waals surface area contributed by atoms with Gasteiger partial charge in [-0.15, -0.1) is 5.10 Å². The molecule has 1 saturated heterocycles. The smallest absolute Gasteiger partial charge is 0.328 e. The Bertz CT molecular complexity index is 1230. The Morgan fingerprint density at radius 2 is 1.71 bits per heavy atom. The predicted molar refractivity (Wildman–Crippen MR) is 157 cm³/mol. The highest BCUT2D eigenvalue weighted by molar-refractivity contribution is 5.89. The van der Waals surface area contributed by atoms with Gasteiger partial charge in [0, 0.05) is 25.7 Å². The lowest BCUT2D eigenvalue weighted by Crippen LogP contribution is -2.51. The molecule has 5 rings (SSSR count). The number of benzene rings is 1. The van der Waals surface area contributed by atoms with Crippen molar-refractivity contribution in [1.82, 2.24) is 19.9 Å². The van der Waals surface area contributed by atoms with E-state index in [4.69, 9.17) is 18.9 Å². The van der Waals surface area contributed by atoms with Gasteiger partial charge in [0.05, 0.1) is 38.5 Å². The molecule has 1 amide bonds. The van der Waals surface area contributed by atoms with Crippen molar-refractivity contribution in [2.45, 2.75) is 103 Å². The maximum Gasteiger partial charge on any atom is 0.328 e. The number of hydrogen-bond acceptors (Lipinski definition) is 8. The average molecular weight is 583 g/mol. The zero-order valence-corrected chi connectivity index (χ0v) is 25.5. The van der Waals surface area contributed by atoms with Crippen LogP contribution in [0, 0.1) is 11.8 Å². The van der Waals surface area contributed by atoms with Gasteiger partial charge in [-0.25, -0.2) is 4.79 Å². The van der Waals surface area contributed by atoms with Gasteiger partial charge in [0.25, 0.3) is 0 Å². The van der Waals surface area contributed by atoms with Gasteiger partial charge in [-0.05, 0) is 75.0 Å². The Morgan fingerprint density at radius 1 is 0.929 bits per heavy atom. The number of ether oxygens (including phenoxy) is 4. The molecule has 2 fully saturated rings. The number of amides is 1. The number of hydrogen-bond donors (Lipinski definition) is 0. The number of aryl methyl sites for hydroxylation is 1. The summed E-state index contributed by atoms with van der Waals surface area (Å²) < 4.78 is 25.7. The summed E-state index contributed by atoms with van der Waals surface area (Å²) in [5.41, 5.74) is 1.70. The molecule has 1 aliphatic carbocycles. The molecular formula is C32H46N4O6. The van der Waals surface area contributed by atoms with Crippen LogP contribution in [0.5, 0.6) is 17.2 Å². The van der Waals surface area contributed by atoms with Crippen molar-refractivity contribution in [3.63, 3.8) is 0 Å². The van der Waals surface area contributed by atoms with Crippen molar-refractivity contribution in [1.29, 1.82) is 0 Å². The fourth-order valence-corrected chi connectivity index (χ4v) is 6.79. The van der Waals surface area contributed by atoms with E-state index in [1.54, 1.807) is 19.1 Å². The molecule has 230 valence electrons. The van der Waals surface area contributed by atoms with E-state index in [9.17, 15) is 9.59 Å². The summed E-state index contributed by atoms with van der Waals surface area (Å²) in [6.07, 6.45) is 10.8. The Kier molecular flexibility index (Phi) is 9.90. The summed E-state index contributed by atoms with van der Waals surface area (Å²) in [5.74, 6) is 1.10. The monoisotopic (exact) mass is 582 g/mol. The minimum Gasteiger partial charge on any atom is -0.493 e. The van der Waals surface area contributed by atoms with Gasteiger partial charge < -0.3 is 23.8 Å². The van der Waals surface area contributed by atoms with Gasteiger partial charge in [-0.2, -0.15) is 0 Å². The normalized spacial score (nSPS) is 26.6. The van der Waals surface area contributed by atoms with E-state index in [-0.39, 0.29) is 36.4 Å². The predicted octanol–water partition coefficient (Wildman–Crippen LogP) is 4.93. The SMILES string of the molecule is COc1cc2cc(c1OC)O[C@@H](C)CCn1cc(nn1)C[C@H](C)COC(=O)[C@@H]1CCCCN1C(=O)[C@H]2C1CCCCC1. The zero-order chi connectivity index (χ0) is 29.6. The Morgan fingerprint density at radius 3 is 2.48 bits per heavy atom. The summed E-state index contributed by atoms with van der Waals surface area (Å²) in [4.78, 5) is 29.9. The molecule has 3 aliphatic rings. The highest BCUT2D eigenvalue weighted by atomic mass is 16.5. The number of rotatable bonds is 3. The number of esters is 1. The minimum atomic E-state index is -0.580. The summed E-state index contributed by atoms with van der Waals surface area (Å²) in [5, 5.41) is 8.62. The van der Waals surface area contributed by atoms with Crippen LogP contribution in [0.25, 0.3) is 0 Å². The summed E-state index contributed by atoms with van der Waals surface area (Å²) in [6, 6.07) is 3.30. The third kappa shape index (κ3) is 6.84. The molecule has 4 bridgehead atoms. The highest BCUT2D eigenvalue weighted by Crippen LogP contribution is 2.45. The van der Waals surface area contributed by atoms with Crippen LogP contribution in [0.4, 0.5) is 0 Å². The van der Waals surface area contributed by atoms with E-state index < -0.39 is 12.0 Å². The number of methoxy groups -OCH3 is 2. The summed E-state index contributed by atoms with van der Waals surface area (Å²) >= 11 is 0. The molecule has 4 atom stereocenters. The van der Waals surface area contributed by atoms with Crippen LogP contribution in [0.1, 0.15) is 88.8 Å². The number of carbonyl (C=O) groups is 2. The van der Waals surface area contributed by atoms with Crippen molar-refractivity contribution in [2.75, 3.05) is 27.4 Å². The number of nitrogens with zero attached hydrogens (tertiary/aromatic N) is 4. The molecule has 10 nitrogen and oxygen atoms in total. The number of cyclic esters (lactones) is 1. The molecule has 2 aliphatic heterocycles. The van der Waals surface area contributed by atoms with Crippen LogP contribution in [0.3, 0.4) is 0 Å². The van der Waals surface area contributed by atoms with E-state index in [1.165, 1.54) is 6.42 Å². The van der Waals surface area contributed by atoms with Crippen molar-refractivity contribution < 1.29 is 28.5 Å². The topological polar surface area (TPSA) is 105 Å². The number of carbonyl (C=O) groups excluding carboxylic acids is 2. The summed E-state index contributed by atoms with van der Waals surface area (Å²) in [7, 11) is 3.20. The van der Waals surface area contributed by atoms with Crippen LogP contribution in [0.2, 0.25) is 0 Å². The van der Waals surface area contributed by atoms with Gasteiger partial charge in [0.15, 0.2) is 11.5 Å². The van der Waals surface area contributed by atoms with Crippen molar-refractivity contribution in [3.8, 4) is 17.2 Å². The van der Waals surface area contributed by atoms with E-state index >= 15 is 0 Å². The average Bonchev–Trinajstić information content (AvgIpc) is 3.45. The largest absolute Gasteiger partial charge is 0.493 e. The second-order valence-corrected chi connectivity index (χ2v) is 12.3. The number of aromatic nitrogens is 3. The standard InChI is InChI=1S/C32H46N4O6/c1-21-16-25-19-35(34-33-25)15-13-22(2)42-28-18-24(17-27(39-3)30(28)40-4)29(23-10-6-5-7-11-23)31(37)36-14-9-8-12-26(36)32(38)41-20-21/h17-19,21-23,26,29H,5-16,20H2,1-4H3/t21-,22-,26-,29-/m0/s1. The van der Waals surface area contributed by atoms with Crippen LogP contribution in [0.15, 0.2) is 18.3 Å². The van der Waals surface area contributed by atoms with Crippen LogP contribution in [-0.2, 0) is 27.3 Å². The van der Waals surface area contributed by atoms with Crippen LogP contribution >= 0.6 is 0 Å². The fraction of sp³-hybridized carbons (Fsp3) is 0.688. The van der Waals surface area contributed by atoms with E-state index in [2.05, 4.69) is 10.3 Å². The second kappa shape index (κ2) is 13.8. The molecule has 3 heterocycles. The van der Waals surface area contributed by atoms with Gasteiger partial charge in [-0.1, -0.05) is 31.4 Å².